The third-order valence-corrected chi connectivity index (χ3v) is 4.17. The Labute approximate surface area is 138 Å². The number of hydrogen-bond acceptors (Lipinski definition) is 2. The number of halogens is 1. The molecule has 1 aromatic carbocycles. The van der Waals surface area contributed by atoms with E-state index in [0.717, 1.165) is 28.8 Å². The van der Waals surface area contributed by atoms with Crippen molar-refractivity contribution in [1.29, 1.82) is 0 Å². The molecular weight excluding hydrogens is 328 g/mol. The highest BCUT2D eigenvalue weighted by Gasteiger charge is 2.09. The van der Waals surface area contributed by atoms with Crippen LogP contribution in [0.3, 0.4) is 0 Å². The lowest BCUT2D eigenvalue weighted by molar-refractivity contribution is 0.190. The molecule has 1 rings (SSSR count). The average Bonchev–Trinajstić information content (AvgIpc) is 2.45. The molecule has 0 unspecified atom stereocenters. The second-order valence-electron chi connectivity index (χ2n) is 5.68. The summed E-state index contributed by atoms with van der Waals surface area (Å²) < 4.78 is 6.82. The molecule has 1 N–H and O–H groups in total. The van der Waals surface area contributed by atoms with E-state index in [-0.39, 0.29) is 0 Å². The Morgan fingerprint density at radius 2 is 1.67 bits per heavy atom. The zero-order valence-electron chi connectivity index (χ0n) is 13.4. The topological polar surface area (TPSA) is 29.5 Å². The Balaban J connectivity index is 2.19. The molecule has 0 saturated carbocycles. The molecule has 1 atom stereocenters. The number of rotatable bonds is 11. The Morgan fingerprint density at radius 3 is 2.29 bits per heavy atom. The average molecular weight is 357 g/mol. The minimum atomic E-state index is -0.494. The molecule has 0 spiro atoms. The minimum absolute atomic E-state index is 0.494. The van der Waals surface area contributed by atoms with Crippen LogP contribution in [0.1, 0.15) is 76.9 Å². The molecule has 0 heterocycles. The first-order valence-electron chi connectivity index (χ1n) is 8.25. The second kappa shape index (κ2) is 11.1. The van der Waals surface area contributed by atoms with Crippen LogP contribution in [0.15, 0.2) is 22.7 Å². The number of hydrogen-bond donors (Lipinski definition) is 1. The fourth-order valence-corrected chi connectivity index (χ4v) is 2.74. The van der Waals surface area contributed by atoms with Gasteiger partial charge in [-0.2, -0.15) is 0 Å². The summed E-state index contributed by atoms with van der Waals surface area (Å²) in [5, 5.41) is 9.74. The molecule has 3 heteroatoms. The van der Waals surface area contributed by atoms with Gasteiger partial charge in [-0.25, -0.2) is 0 Å². The van der Waals surface area contributed by atoms with Crippen LogP contribution in [-0.2, 0) is 0 Å². The number of ether oxygens (including phenoxy) is 1. The van der Waals surface area contributed by atoms with Crippen LogP contribution >= 0.6 is 15.9 Å². The van der Waals surface area contributed by atoms with E-state index in [4.69, 9.17) is 4.74 Å². The SMILES string of the molecule is CCCCCCCCCCOc1cc(Br)ccc1[C@H](C)O. The van der Waals surface area contributed by atoms with Crippen molar-refractivity contribution in [3.05, 3.63) is 28.2 Å². The first-order chi connectivity index (χ1) is 10.1. The van der Waals surface area contributed by atoms with E-state index in [1.165, 1.54) is 44.9 Å². The van der Waals surface area contributed by atoms with Crippen molar-refractivity contribution in [3.8, 4) is 5.75 Å². The predicted octanol–water partition coefficient (Wildman–Crippen LogP) is 6.02. The van der Waals surface area contributed by atoms with Gasteiger partial charge in [0.15, 0.2) is 0 Å². The van der Waals surface area contributed by atoms with Crippen molar-refractivity contribution in [1.82, 2.24) is 0 Å². The Bertz CT molecular complexity index is 391. The van der Waals surface area contributed by atoms with Crippen molar-refractivity contribution >= 4 is 15.9 Å². The van der Waals surface area contributed by atoms with Gasteiger partial charge in [-0.15, -0.1) is 0 Å². The van der Waals surface area contributed by atoms with Crippen molar-refractivity contribution in [2.24, 2.45) is 0 Å². The molecule has 0 bridgehead atoms. The molecule has 21 heavy (non-hydrogen) atoms. The molecule has 1 aromatic rings. The quantitative estimate of drug-likeness (QED) is 0.491. The van der Waals surface area contributed by atoms with Crippen LogP contribution in [0.5, 0.6) is 5.75 Å². The van der Waals surface area contributed by atoms with E-state index >= 15 is 0 Å². The maximum Gasteiger partial charge on any atom is 0.126 e. The normalized spacial score (nSPS) is 12.4. The van der Waals surface area contributed by atoms with E-state index in [1.54, 1.807) is 6.92 Å². The van der Waals surface area contributed by atoms with Gasteiger partial charge in [0, 0.05) is 10.0 Å². The number of benzene rings is 1. The zero-order valence-corrected chi connectivity index (χ0v) is 15.0. The molecule has 0 aliphatic heterocycles. The summed E-state index contributed by atoms with van der Waals surface area (Å²) in [6, 6.07) is 5.79. The number of unbranched alkanes of at least 4 members (excludes halogenated alkanes) is 7. The second-order valence-corrected chi connectivity index (χ2v) is 6.60. The highest BCUT2D eigenvalue weighted by atomic mass is 79.9. The zero-order chi connectivity index (χ0) is 15.5. The monoisotopic (exact) mass is 356 g/mol. The molecule has 2 nitrogen and oxygen atoms in total. The van der Waals surface area contributed by atoms with E-state index in [0.29, 0.717) is 0 Å². The van der Waals surface area contributed by atoms with Gasteiger partial charge in [0.25, 0.3) is 0 Å². The maximum atomic E-state index is 9.74. The van der Waals surface area contributed by atoms with Gasteiger partial charge in [-0.05, 0) is 25.5 Å². The molecule has 0 fully saturated rings. The van der Waals surface area contributed by atoms with Gasteiger partial charge in [-0.3, -0.25) is 0 Å². The van der Waals surface area contributed by atoms with Gasteiger partial charge in [-0.1, -0.05) is 73.9 Å². The van der Waals surface area contributed by atoms with Crippen LogP contribution in [0.25, 0.3) is 0 Å². The summed E-state index contributed by atoms with van der Waals surface area (Å²) in [6.45, 7) is 4.75. The molecular formula is C18H29BrO2. The molecule has 0 amide bonds. The van der Waals surface area contributed by atoms with Crippen molar-refractivity contribution in [2.45, 2.75) is 71.3 Å². The maximum absolute atomic E-state index is 9.74. The van der Waals surface area contributed by atoms with Gasteiger partial charge in [0.05, 0.1) is 12.7 Å². The smallest absolute Gasteiger partial charge is 0.126 e. The van der Waals surface area contributed by atoms with E-state index in [1.807, 2.05) is 18.2 Å². The third-order valence-electron chi connectivity index (χ3n) is 3.68. The lowest BCUT2D eigenvalue weighted by atomic mass is 10.1. The lowest BCUT2D eigenvalue weighted by Gasteiger charge is -2.14. The number of aliphatic hydroxyl groups excluding tert-OH is 1. The standard InChI is InChI=1S/C18H29BrO2/c1-3-4-5-6-7-8-9-10-13-21-18-14-16(19)11-12-17(18)15(2)20/h11-12,14-15,20H,3-10,13H2,1-2H3/t15-/m0/s1. The van der Waals surface area contributed by atoms with E-state index in [2.05, 4.69) is 22.9 Å². The molecule has 0 radical (unpaired) electrons. The van der Waals surface area contributed by atoms with E-state index in [9.17, 15) is 5.11 Å². The Kier molecular flexibility index (Phi) is 9.77. The fraction of sp³-hybridized carbons (Fsp3) is 0.667. The van der Waals surface area contributed by atoms with Crippen LogP contribution in [0, 0.1) is 0 Å². The summed E-state index contributed by atoms with van der Waals surface area (Å²) in [5.74, 6) is 0.794. The van der Waals surface area contributed by atoms with Crippen molar-refractivity contribution in [3.63, 3.8) is 0 Å². The van der Waals surface area contributed by atoms with E-state index < -0.39 is 6.10 Å². The predicted molar refractivity (Wildman–Crippen MR) is 92.9 cm³/mol. The van der Waals surface area contributed by atoms with Gasteiger partial charge in [0.1, 0.15) is 5.75 Å². The first-order valence-corrected chi connectivity index (χ1v) is 9.04. The largest absolute Gasteiger partial charge is 0.493 e. The summed E-state index contributed by atoms with van der Waals surface area (Å²) in [4.78, 5) is 0. The van der Waals surface area contributed by atoms with Gasteiger partial charge >= 0.3 is 0 Å². The summed E-state index contributed by atoms with van der Waals surface area (Å²) in [7, 11) is 0. The van der Waals surface area contributed by atoms with Crippen molar-refractivity contribution in [2.75, 3.05) is 6.61 Å². The molecule has 0 aliphatic rings. The third kappa shape index (κ3) is 7.87. The molecule has 0 aliphatic carbocycles. The minimum Gasteiger partial charge on any atom is -0.493 e. The highest BCUT2D eigenvalue weighted by Crippen LogP contribution is 2.28. The lowest BCUT2D eigenvalue weighted by Crippen LogP contribution is -2.02. The van der Waals surface area contributed by atoms with Crippen LogP contribution in [-0.4, -0.2) is 11.7 Å². The summed E-state index contributed by atoms with van der Waals surface area (Å²) >= 11 is 3.45. The molecule has 120 valence electrons. The van der Waals surface area contributed by atoms with Crippen LogP contribution in [0.4, 0.5) is 0 Å². The van der Waals surface area contributed by atoms with Gasteiger partial charge in [0.2, 0.25) is 0 Å². The van der Waals surface area contributed by atoms with Gasteiger partial charge < -0.3 is 9.84 Å². The number of aliphatic hydroxyl groups is 1. The highest BCUT2D eigenvalue weighted by molar-refractivity contribution is 9.10. The molecule has 0 saturated heterocycles. The summed E-state index contributed by atoms with van der Waals surface area (Å²) in [5.41, 5.74) is 0.859. The fourth-order valence-electron chi connectivity index (χ4n) is 2.40. The van der Waals surface area contributed by atoms with Crippen LogP contribution < -0.4 is 4.74 Å². The van der Waals surface area contributed by atoms with Crippen LogP contribution in [0.2, 0.25) is 0 Å². The van der Waals surface area contributed by atoms with Crippen molar-refractivity contribution < 1.29 is 9.84 Å². The Hall–Kier alpha value is -0.540. The summed E-state index contributed by atoms with van der Waals surface area (Å²) in [6.07, 6.45) is 9.88. The molecule has 0 aromatic heterocycles. The first kappa shape index (κ1) is 18.5. The Morgan fingerprint density at radius 1 is 1.05 bits per heavy atom.